The van der Waals surface area contributed by atoms with Crippen molar-refractivity contribution >= 4 is 6.34 Å². The van der Waals surface area contributed by atoms with Gasteiger partial charge in [-0.25, -0.2) is 10.1 Å². The second-order valence-corrected chi connectivity index (χ2v) is 3.99. The molecule has 0 N–H and O–H groups in total. The van der Waals surface area contributed by atoms with Crippen LogP contribution in [0, 0.1) is 10.1 Å². The Morgan fingerprint density at radius 1 is 1.38 bits per heavy atom. The number of rotatable bonds is 7. The summed E-state index contributed by atoms with van der Waals surface area (Å²) in [5, 5.41) is 17.5. The summed E-state index contributed by atoms with van der Waals surface area (Å²) in [4.78, 5) is 10.8. The van der Waals surface area contributed by atoms with Gasteiger partial charge in [0.2, 0.25) is 0 Å². The van der Waals surface area contributed by atoms with E-state index in [-0.39, 0.29) is 11.2 Å². The molecule has 1 aliphatic heterocycles. The number of nitro groups is 1. The van der Waals surface area contributed by atoms with E-state index >= 15 is 0 Å². The SMILES string of the molecule is CCCCC1N(CCCC)N=CN1[N+](=O)[O-]. The van der Waals surface area contributed by atoms with E-state index in [4.69, 9.17) is 0 Å². The molecular formula is C10H20N4O2. The smallest absolute Gasteiger partial charge is 0.183 e. The summed E-state index contributed by atoms with van der Waals surface area (Å²) in [5.74, 6) is 0. The van der Waals surface area contributed by atoms with Crippen LogP contribution in [0.15, 0.2) is 5.10 Å². The number of hydrazone groups is 1. The van der Waals surface area contributed by atoms with Crippen molar-refractivity contribution in [2.24, 2.45) is 5.10 Å². The summed E-state index contributed by atoms with van der Waals surface area (Å²) in [6.45, 7) is 4.99. The van der Waals surface area contributed by atoms with Crippen molar-refractivity contribution in [1.29, 1.82) is 0 Å². The topological polar surface area (TPSA) is 62.0 Å². The fourth-order valence-electron chi connectivity index (χ4n) is 1.76. The molecule has 1 atom stereocenters. The summed E-state index contributed by atoms with van der Waals surface area (Å²) >= 11 is 0. The lowest BCUT2D eigenvalue weighted by Crippen LogP contribution is -2.43. The Hall–Kier alpha value is -1.33. The predicted molar refractivity (Wildman–Crippen MR) is 62.3 cm³/mol. The van der Waals surface area contributed by atoms with E-state index in [1.165, 1.54) is 6.34 Å². The average Bonchev–Trinajstić information content (AvgIpc) is 2.66. The Labute approximate surface area is 96.0 Å². The van der Waals surface area contributed by atoms with Gasteiger partial charge in [0.15, 0.2) is 17.5 Å². The van der Waals surface area contributed by atoms with Gasteiger partial charge in [-0.15, -0.1) is 0 Å². The molecular weight excluding hydrogens is 208 g/mol. The van der Waals surface area contributed by atoms with Crippen LogP contribution in [0.25, 0.3) is 0 Å². The van der Waals surface area contributed by atoms with E-state index in [0.717, 1.165) is 43.7 Å². The molecule has 1 unspecified atom stereocenters. The maximum absolute atomic E-state index is 10.8. The van der Waals surface area contributed by atoms with Crippen LogP contribution in [-0.2, 0) is 0 Å². The lowest BCUT2D eigenvalue weighted by molar-refractivity contribution is -0.638. The zero-order valence-electron chi connectivity index (χ0n) is 10.0. The van der Waals surface area contributed by atoms with Crippen molar-refractivity contribution in [3.05, 3.63) is 10.1 Å². The van der Waals surface area contributed by atoms with E-state index in [2.05, 4.69) is 18.9 Å². The van der Waals surface area contributed by atoms with Crippen molar-refractivity contribution in [2.45, 2.75) is 52.1 Å². The zero-order valence-corrected chi connectivity index (χ0v) is 10.0. The molecule has 92 valence electrons. The highest BCUT2D eigenvalue weighted by Crippen LogP contribution is 2.18. The fourth-order valence-corrected chi connectivity index (χ4v) is 1.76. The van der Waals surface area contributed by atoms with E-state index in [9.17, 15) is 10.1 Å². The minimum Gasteiger partial charge on any atom is -0.267 e. The van der Waals surface area contributed by atoms with Gasteiger partial charge in [-0.1, -0.05) is 31.7 Å². The van der Waals surface area contributed by atoms with Crippen LogP contribution in [0.2, 0.25) is 0 Å². The first kappa shape index (κ1) is 12.7. The number of hydrazine groups is 1. The van der Waals surface area contributed by atoms with Crippen LogP contribution in [0.3, 0.4) is 0 Å². The van der Waals surface area contributed by atoms with Gasteiger partial charge < -0.3 is 0 Å². The molecule has 0 saturated heterocycles. The normalized spacial score (nSPS) is 19.5. The van der Waals surface area contributed by atoms with Crippen molar-refractivity contribution in [2.75, 3.05) is 6.54 Å². The Kier molecular flexibility index (Phi) is 5.01. The van der Waals surface area contributed by atoms with E-state index < -0.39 is 0 Å². The van der Waals surface area contributed by atoms with Crippen LogP contribution < -0.4 is 0 Å². The molecule has 1 heterocycles. The maximum Gasteiger partial charge on any atom is 0.183 e. The summed E-state index contributed by atoms with van der Waals surface area (Å²) in [6, 6.07) is 0. The Morgan fingerprint density at radius 2 is 2.06 bits per heavy atom. The average molecular weight is 228 g/mol. The third kappa shape index (κ3) is 3.08. The first-order valence-electron chi connectivity index (χ1n) is 5.94. The first-order chi connectivity index (χ1) is 7.70. The molecule has 0 aromatic carbocycles. The highest BCUT2D eigenvalue weighted by Gasteiger charge is 2.34. The molecule has 0 radical (unpaired) electrons. The zero-order chi connectivity index (χ0) is 12.0. The molecule has 0 bridgehead atoms. The van der Waals surface area contributed by atoms with Gasteiger partial charge >= 0.3 is 0 Å². The van der Waals surface area contributed by atoms with E-state index in [1.807, 2.05) is 5.01 Å². The summed E-state index contributed by atoms with van der Waals surface area (Å²) in [6.07, 6.45) is 6.06. The van der Waals surface area contributed by atoms with Crippen molar-refractivity contribution in [3.63, 3.8) is 0 Å². The lowest BCUT2D eigenvalue weighted by Gasteiger charge is -2.24. The Balaban J connectivity index is 2.56. The van der Waals surface area contributed by atoms with Crippen molar-refractivity contribution in [3.8, 4) is 0 Å². The molecule has 0 aromatic rings. The number of hydrogen-bond donors (Lipinski definition) is 0. The highest BCUT2D eigenvalue weighted by molar-refractivity contribution is 5.55. The van der Waals surface area contributed by atoms with Crippen molar-refractivity contribution in [1.82, 2.24) is 10.0 Å². The van der Waals surface area contributed by atoms with Gasteiger partial charge in [0.25, 0.3) is 0 Å². The standard InChI is InChI=1S/C10H20N4O2/c1-3-5-7-10-12(8-6-4-2)11-9-13(10)14(15)16/h9-10H,3-8H2,1-2H3. The lowest BCUT2D eigenvalue weighted by atomic mass is 10.2. The summed E-state index contributed by atoms with van der Waals surface area (Å²) in [7, 11) is 0. The summed E-state index contributed by atoms with van der Waals surface area (Å²) in [5.41, 5.74) is 0. The van der Waals surface area contributed by atoms with Crippen LogP contribution in [0.5, 0.6) is 0 Å². The minimum absolute atomic E-state index is 0.193. The monoisotopic (exact) mass is 228 g/mol. The van der Waals surface area contributed by atoms with Crippen LogP contribution in [-0.4, -0.2) is 34.1 Å². The Bertz CT molecular complexity index is 257. The molecule has 1 rings (SSSR count). The molecule has 6 heteroatoms. The second-order valence-electron chi connectivity index (χ2n) is 3.99. The van der Waals surface area contributed by atoms with Gasteiger partial charge in [0.1, 0.15) is 0 Å². The van der Waals surface area contributed by atoms with Gasteiger partial charge in [-0.3, -0.25) is 5.01 Å². The number of unbranched alkanes of at least 4 members (excludes halogenated alkanes) is 2. The van der Waals surface area contributed by atoms with E-state index in [1.54, 1.807) is 0 Å². The molecule has 0 aromatic heterocycles. The second kappa shape index (κ2) is 6.30. The van der Waals surface area contributed by atoms with Crippen LogP contribution in [0.1, 0.15) is 46.0 Å². The third-order valence-electron chi connectivity index (χ3n) is 2.71. The first-order valence-corrected chi connectivity index (χ1v) is 5.94. The molecule has 0 spiro atoms. The molecule has 1 aliphatic rings. The van der Waals surface area contributed by atoms with Crippen LogP contribution in [0.4, 0.5) is 0 Å². The molecule has 0 fully saturated rings. The van der Waals surface area contributed by atoms with Crippen LogP contribution >= 0.6 is 0 Å². The van der Waals surface area contributed by atoms with Gasteiger partial charge in [0.05, 0.1) is 0 Å². The highest BCUT2D eigenvalue weighted by atomic mass is 16.7. The molecule has 0 aliphatic carbocycles. The van der Waals surface area contributed by atoms with Gasteiger partial charge in [-0.2, -0.15) is 5.10 Å². The quantitative estimate of drug-likeness (QED) is 0.494. The molecule has 16 heavy (non-hydrogen) atoms. The third-order valence-corrected chi connectivity index (χ3v) is 2.71. The molecule has 0 saturated carbocycles. The van der Waals surface area contributed by atoms with Crippen molar-refractivity contribution < 1.29 is 5.03 Å². The number of nitrogens with zero attached hydrogens (tertiary/aromatic N) is 4. The fraction of sp³-hybridized carbons (Fsp3) is 0.900. The van der Waals surface area contributed by atoms with E-state index in [0.29, 0.717) is 0 Å². The number of hydrogen-bond acceptors (Lipinski definition) is 4. The predicted octanol–water partition coefficient (Wildman–Crippen LogP) is 2.06. The largest absolute Gasteiger partial charge is 0.267 e. The van der Waals surface area contributed by atoms with Gasteiger partial charge in [-0.05, 0) is 19.3 Å². The Morgan fingerprint density at radius 3 is 2.62 bits per heavy atom. The maximum atomic E-state index is 10.8. The molecule has 6 nitrogen and oxygen atoms in total. The van der Waals surface area contributed by atoms with Gasteiger partial charge in [0, 0.05) is 6.54 Å². The molecule has 0 amide bonds. The summed E-state index contributed by atoms with van der Waals surface area (Å²) < 4.78 is 0. The minimum atomic E-state index is -0.379.